The number of halogens is 1. The molecule has 0 aliphatic rings. The van der Waals surface area contributed by atoms with Gasteiger partial charge < -0.3 is 10.4 Å². The molecule has 2 N–H and O–H groups in total. The van der Waals surface area contributed by atoms with Gasteiger partial charge in [-0.15, -0.1) is 0 Å². The number of amides is 1. The summed E-state index contributed by atoms with van der Waals surface area (Å²) in [6.07, 6.45) is 1.58. The highest BCUT2D eigenvalue weighted by Gasteiger charge is 2.17. The lowest BCUT2D eigenvalue weighted by Crippen LogP contribution is -2.15. The minimum Gasteiger partial charge on any atom is -0.481 e. The molecule has 2 aromatic heterocycles. The number of anilines is 1. The summed E-state index contributed by atoms with van der Waals surface area (Å²) in [6, 6.07) is 10.1. The van der Waals surface area contributed by atoms with Crippen molar-refractivity contribution in [1.29, 1.82) is 0 Å². The monoisotopic (exact) mass is 343 g/mol. The lowest BCUT2D eigenvalue weighted by Gasteiger charge is -2.07. The van der Waals surface area contributed by atoms with Crippen LogP contribution >= 0.6 is 11.6 Å². The van der Waals surface area contributed by atoms with Gasteiger partial charge >= 0.3 is 5.97 Å². The van der Waals surface area contributed by atoms with E-state index in [1.807, 2.05) is 0 Å². The minimum atomic E-state index is -0.898. The first-order chi connectivity index (χ1) is 11.4. The first-order valence-electron chi connectivity index (χ1n) is 7.20. The Morgan fingerprint density at radius 1 is 1.21 bits per heavy atom. The van der Waals surface area contributed by atoms with Crippen molar-refractivity contribution in [2.24, 2.45) is 0 Å². The largest absolute Gasteiger partial charge is 0.481 e. The number of carboxylic acid groups (broad SMARTS) is 1. The normalized spacial score (nSPS) is 10.8. The number of imidazole rings is 1. The van der Waals surface area contributed by atoms with Crippen LogP contribution in [0.2, 0.25) is 5.02 Å². The highest BCUT2D eigenvalue weighted by atomic mass is 35.5. The van der Waals surface area contributed by atoms with Gasteiger partial charge in [0, 0.05) is 11.9 Å². The minimum absolute atomic E-state index is 0.0565. The topological polar surface area (TPSA) is 83.7 Å². The van der Waals surface area contributed by atoms with Gasteiger partial charge in [0.2, 0.25) is 0 Å². The van der Waals surface area contributed by atoms with Crippen LogP contribution in [0.5, 0.6) is 0 Å². The quantitative estimate of drug-likeness (QED) is 0.762. The third-order valence-corrected chi connectivity index (χ3v) is 3.76. The molecule has 1 amide bonds. The van der Waals surface area contributed by atoms with Gasteiger partial charge in [-0.05, 0) is 36.8 Å². The van der Waals surface area contributed by atoms with Crippen LogP contribution in [-0.2, 0) is 11.2 Å². The zero-order chi connectivity index (χ0) is 17.3. The van der Waals surface area contributed by atoms with Crippen LogP contribution in [0.25, 0.3) is 5.65 Å². The maximum Gasteiger partial charge on any atom is 0.307 e. The summed E-state index contributed by atoms with van der Waals surface area (Å²) >= 11 is 6.00. The third-order valence-electron chi connectivity index (χ3n) is 3.54. The molecule has 0 aliphatic heterocycles. The van der Waals surface area contributed by atoms with Gasteiger partial charge in [-0.2, -0.15) is 0 Å². The maximum atomic E-state index is 12.6. The molecular formula is C17H14ClN3O3. The highest BCUT2D eigenvalue weighted by molar-refractivity contribution is 6.30. The van der Waals surface area contributed by atoms with Crippen LogP contribution in [0.4, 0.5) is 5.69 Å². The van der Waals surface area contributed by atoms with E-state index >= 15 is 0 Å². The van der Waals surface area contributed by atoms with Crippen molar-refractivity contribution in [3.05, 3.63) is 64.6 Å². The summed E-state index contributed by atoms with van der Waals surface area (Å²) in [5.74, 6) is -1.21. The molecule has 0 aliphatic carbocycles. The van der Waals surface area contributed by atoms with Crippen molar-refractivity contribution in [1.82, 2.24) is 9.38 Å². The number of hydrogen-bond acceptors (Lipinski definition) is 3. The molecule has 6 nitrogen and oxygen atoms in total. The molecule has 3 aromatic rings. The van der Waals surface area contributed by atoms with Crippen molar-refractivity contribution in [2.75, 3.05) is 5.32 Å². The van der Waals surface area contributed by atoms with E-state index in [-0.39, 0.29) is 12.3 Å². The van der Waals surface area contributed by atoms with E-state index in [2.05, 4.69) is 10.3 Å². The molecule has 0 bridgehead atoms. The van der Waals surface area contributed by atoms with Gasteiger partial charge in [-0.1, -0.05) is 23.7 Å². The van der Waals surface area contributed by atoms with Crippen molar-refractivity contribution < 1.29 is 14.7 Å². The smallest absolute Gasteiger partial charge is 0.307 e. The molecule has 24 heavy (non-hydrogen) atoms. The van der Waals surface area contributed by atoms with Crippen LogP contribution in [0, 0.1) is 6.92 Å². The number of carbonyl (C=O) groups excluding carboxylic acids is 1. The maximum absolute atomic E-state index is 12.6. The van der Waals surface area contributed by atoms with E-state index in [0.29, 0.717) is 33.3 Å². The Bertz CT molecular complexity index is 932. The number of pyridine rings is 1. The first kappa shape index (κ1) is 16.0. The fourth-order valence-electron chi connectivity index (χ4n) is 2.48. The number of fused-ring (bicyclic) bond motifs is 1. The Labute approximate surface area is 142 Å². The standard InChI is InChI=1S/C17H14ClN3O3/c1-10-16(21-9-12(18)4-7-14(21)19-10)17(24)20-13-5-2-11(3-6-13)8-15(22)23/h2-7,9H,8H2,1H3,(H,20,24)(H,22,23). The van der Waals surface area contributed by atoms with E-state index in [1.165, 1.54) is 0 Å². The summed E-state index contributed by atoms with van der Waals surface area (Å²) in [5.41, 5.74) is 2.88. The molecule has 7 heteroatoms. The number of aromatic nitrogens is 2. The zero-order valence-electron chi connectivity index (χ0n) is 12.8. The molecular weight excluding hydrogens is 330 g/mol. The van der Waals surface area contributed by atoms with E-state index in [4.69, 9.17) is 16.7 Å². The molecule has 2 heterocycles. The number of carbonyl (C=O) groups is 2. The van der Waals surface area contributed by atoms with Crippen molar-refractivity contribution in [2.45, 2.75) is 13.3 Å². The van der Waals surface area contributed by atoms with Gasteiger partial charge in [0.25, 0.3) is 5.91 Å². The number of benzene rings is 1. The Morgan fingerprint density at radius 2 is 1.92 bits per heavy atom. The molecule has 0 spiro atoms. The van der Waals surface area contributed by atoms with Crippen LogP contribution < -0.4 is 5.32 Å². The van der Waals surface area contributed by atoms with Gasteiger partial charge in [-0.3, -0.25) is 14.0 Å². The van der Waals surface area contributed by atoms with E-state index in [0.717, 1.165) is 0 Å². The van der Waals surface area contributed by atoms with Crippen LogP contribution in [-0.4, -0.2) is 26.4 Å². The predicted octanol–water partition coefficient (Wildman–Crippen LogP) is 3.18. The second-order valence-electron chi connectivity index (χ2n) is 5.34. The number of hydrogen-bond donors (Lipinski definition) is 2. The van der Waals surface area contributed by atoms with Crippen molar-refractivity contribution in [3.8, 4) is 0 Å². The number of aliphatic carboxylic acids is 1. The van der Waals surface area contributed by atoms with Crippen LogP contribution in [0.3, 0.4) is 0 Å². The number of nitrogens with one attached hydrogen (secondary N) is 1. The molecule has 0 radical (unpaired) electrons. The molecule has 3 rings (SSSR count). The van der Waals surface area contributed by atoms with Gasteiger partial charge in [0.05, 0.1) is 17.1 Å². The third kappa shape index (κ3) is 3.23. The molecule has 0 unspecified atom stereocenters. The lowest BCUT2D eigenvalue weighted by atomic mass is 10.1. The molecule has 0 saturated heterocycles. The summed E-state index contributed by atoms with van der Waals surface area (Å²) in [6.45, 7) is 1.76. The van der Waals surface area contributed by atoms with Gasteiger partial charge in [-0.25, -0.2) is 4.98 Å². The summed E-state index contributed by atoms with van der Waals surface area (Å²) in [5, 5.41) is 12.1. The molecule has 122 valence electrons. The van der Waals surface area contributed by atoms with Crippen molar-refractivity contribution >= 4 is 34.8 Å². The molecule has 0 fully saturated rings. The lowest BCUT2D eigenvalue weighted by molar-refractivity contribution is -0.136. The molecule has 0 saturated carbocycles. The van der Waals surface area contributed by atoms with Gasteiger partial charge in [0.15, 0.2) is 0 Å². The highest BCUT2D eigenvalue weighted by Crippen LogP contribution is 2.18. The number of aryl methyl sites for hydroxylation is 1. The van der Waals surface area contributed by atoms with Crippen molar-refractivity contribution in [3.63, 3.8) is 0 Å². The summed E-state index contributed by atoms with van der Waals surface area (Å²) < 4.78 is 1.64. The SMILES string of the molecule is Cc1nc2ccc(Cl)cn2c1C(=O)Nc1ccc(CC(=O)O)cc1. The number of rotatable bonds is 4. The Hall–Kier alpha value is -2.86. The van der Waals surface area contributed by atoms with Gasteiger partial charge in [0.1, 0.15) is 11.3 Å². The Balaban J connectivity index is 1.86. The number of carboxylic acids is 1. The fraction of sp³-hybridized carbons (Fsp3) is 0.118. The summed E-state index contributed by atoms with van der Waals surface area (Å²) in [7, 11) is 0. The Morgan fingerprint density at radius 3 is 2.58 bits per heavy atom. The molecule has 1 aromatic carbocycles. The van der Waals surface area contributed by atoms with Crippen LogP contribution in [0.15, 0.2) is 42.6 Å². The summed E-state index contributed by atoms with van der Waals surface area (Å²) in [4.78, 5) is 27.6. The zero-order valence-corrected chi connectivity index (χ0v) is 13.5. The molecule has 0 atom stereocenters. The Kier molecular flexibility index (Phi) is 4.22. The average Bonchev–Trinajstić information content (AvgIpc) is 2.84. The number of nitrogens with zero attached hydrogens (tertiary/aromatic N) is 2. The van der Waals surface area contributed by atoms with E-state index in [1.54, 1.807) is 53.9 Å². The van der Waals surface area contributed by atoms with E-state index in [9.17, 15) is 9.59 Å². The second kappa shape index (κ2) is 6.33. The van der Waals surface area contributed by atoms with E-state index < -0.39 is 5.97 Å². The fourth-order valence-corrected chi connectivity index (χ4v) is 2.64. The first-order valence-corrected chi connectivity index (χ1v) is 7.58. The second-order valence-corrected chi connectivity index (χ2v) is 5.78. The predicted molar refractivity (Wildman–Crippen MR) is 90.7 cm³/mol. The average molecular weight is 344 g/mol. The van der Waals surface area contributed by atoms with Crippen LogP contribution in [0.1, 0.15) is 21.7 Å².